The summed E-state index contributed by atoms with van der Waals surface area (Å²) in [6, 6.07) is 5.74. The van der Waals surface area contributed by atoms with Crippen LogP contribution in [0.3, 0.4) is 0 Å². The van der Waals surface area contributed by atoms with Gasteiger partial charge in [0, 0.05) is 30.1 Å². The van der Waals surface area contributed by atoms with E-state index in [0.717, 1.165) is 27.7 Å². The van der Waals surface area contributed by atoms with Crippen LogP contribution in [0.4, 0.5) is 11.4 Å². The van der Waals surface area contributed by atoms with E-state index in [4.69, 9.17) is 4.42 Å². The summed E-state index contributed by atoms with van der Waals surface area (Å²) in [5, 5.41) is 3.77. The topological polar surface area (TPSA) is 75.4 Å². The highest BCUT2D eigenvalue weighted by molar-refractivity contribution is 6.04. The van der Waals surface area contributed by atoms with Crippen molar-refractivity contribution in [2.45, 2.75) is 26.7 Å². The van der Waals surface area contributed by atoms with Gasteiger partial charge in [-0.25, -0.2) is 0 Å². The summed E-state index contributed by atoms with van der Waals surface area (Å²) < 4.78 is 5.71. The van der Waals surface area contributed by atoms with E-state index < -0.39 is 0 Å². The molecule has 3 heterocycles. The van der Waals surface area contributed by atoms with Gasteiger partial charge in [-0.05, 0) is 31.0 Å². The standard InChI is InChI=1S/C20H19N3O3/c1-12-3-4-15-14(11-26-20(15)13(12)2)9-19(25)23-8-6-18(24)22-16-5-7-21-10-17(16)23/h3-5,7,10-11H,6,8-9H2,1-2H3,(H,22,24). The van der Waals surface area contributed by atoms with Crippen molar-refractivity contribution in [2.24, 2.45) is 0 Å². The van der Waals surface area contributed by atoms with Crippen molar-refractivity contribution in [3.05, 3.63) is 53.5 Å². The number of aryl methyl sites for hydroxylation is 2. The number of nitrogens with one attached hydrogen (secondary N) is 1. The lowest BCUT2D eigenvalue weighted by Gasteiger charge is -2.21. The Bertz CT molecular complexity index is 1020. The Morgan fingerprint density at radius 3 is 3.00 bits per heavy atom. The van der Waals surface area contributed by atoms with Gasteiger partial charge in [0.2, 0.25) is 11.8 Å². The highest BCUT2D eigenvalue weighted by Gasteiger charge is 2.25. The van der Waals surface area contributed by atoms with Crippen LogP contribution in [0.1, 0.15) is 23.1 Å². The van der Waals surface area contributed by atoms with Crippen molar-refractivity contribution >= 4 is 34.2 Å². The second-order valence-electron chi connectivity index (χ2n) is 6.56. The number of nitrogens with zero attached hydrogens (tertiary/aromatic N) is 2. The van der Waals surface area contributed by atoms with Gasteiger partial charge in [0.25, 0.3) is 0 Å². The van der Waals surface area contributed by atoms with E-state index in [9.17, 15) is 9.59 Å². The van der Waals surface area contributed by atoms with E-state index in [2.05, 4.69) is 10.3 Å². The third kappa shape index (κ3) is 2.73. The lowest BCUT2D eigenvalue weighted by atomic mass is 10.0. The van der Waals surface area contributed by atoms with E-state index in [0.29, 0.717) is 17.9 Å². The highest BCUT2D eigenvalue weighted by atomic mass is 16.3. The fourth-order valence-corrected chi connectivity index (χ4v) is 3.30. The molecule has 1 aliphatic heterocycles. The predicted octanol–water partition coefficient (Wildman–Crippen LogP) is 3.36. The van der Waals surface area contributed by atoms with Gasteiger partial charge in [0.05, 0.1) is 30.3 Å². The molecule has 0 unspecified atom stereocenters. The Morgan fingerprint density at radius 1 is 1.31 bits per heavy atom. The first-order valence-electron chi connectivity index (χ1n) is 8.55. The summed E-state index contributed by atoms with van der Waals surface area (Å²) in [6.07, 6.45) is 5.32. The first-order valence-corrected chi connectivity index (χ1v) is 8.55. The zero-order chi connectivity index (χ0) is 18.3. The molecule has 6 heteroatoms. The van der Waals surface area contributed by atoms with Gasteiger partial charge in [0.15, 0.2) is 0 Å². The molecular formula is C20H19N3O3. The van der Waals surface area contributed by atoms with E-state index in [-0.39, 0.29) is 24.7 Å². The molecule has 1 N–H and O–H groups in total. The summed E-state index contributed by atoms with van der Waals surface area (Å²) in [4.78, 5) is 30.6. The fraction of sp³-hybridized carbons (Fsp3) is 0.250. The minimum Gasteiger partial charge on any atom is -0.464 e. The number of fused-ring (bicyclic) bond motifs is 2. The van der Waals surface area contributed by atoms with Crippen LogP contribution in [0.25, 0.3) is 11.0 Å². The van der Waals surface area contributed by atoms with Crippen molar-refractivity contribution in [1.82, 2.24) is 4.98 Å². The molecule has 2 amide bonds. The molecule has 0 bridgehead atoms. The zero-order valence-corrected chi connectivity index (χ0v) is 14.7. The van der Waals surface area contributed by atoms with Gasteiger partial charge in [-0.2, -0.15) is 0 Å². The molecule has 0 saturated heterocycles. The fourth-order valence-electron chi connectivity index (χ4n) is 3.30. The number of amides is 2. The lowest BCUT2D eigenvalue weighted by molar-refractivity contribution is -0.118. The van der Waals surface area contributed by atoms with E-state index >= 15 is 0 Å². The molecule has 26 heavy (non-hydrogen) atoms. The third-order valence-corrected chi connectivity index (χ3v) is 4.91. The summed E-state index contributed by atoms with van der Waals surface area (Å²) >= 11 is 0. The summed E-state index contributed by atoms with van der Waals surface area (Å²) in [5.74, 6) is -0.190. The van der Waals surface area contributed by atoms with Gasteiger partial charge in [-0.1, -0.05) is 12.1 Å². The lowest BCUT2D eigenvalue weighted by Crippen LogP contribution is -2.33. The molecule has 132 valence electrons. The van der Waals surface area contributed by atoms with Crippen LogP contribution in [0, 0.1) is 13.8 Å². The van der Waals surface area contributed by atoms with E-state index in [1.54, 1.807) is 29.6 Å². The van der Waals surface area contributed by atoms with Gasteiger partial charge < -0.3 is 14.6 Å². The van der Waals surface area contributed by atoms with E-state index in [1.165, 1.54) is 0 Å². The summed E-state index contributed by atoms with van der Waals surface area (Å²) in [7, 11) is 0. The van der Waals surface area contributed by atoms with E-state index in [1.807, 2.05) is 26.0 Å². The Balaban J connectivity index is 1.67. The maximum Gasteiger partial charge on any atom is 0.231 e. The number of rotatable bonds is 2. The highest BCUT2D eigenvalue weighted by Crippen LogP contribution is 2.30. The molecule has 1 aliphatic rings. The van der Waals surface area contributed by atoms with Crippen LogP contribution in [-0.2, 0) is 16.0 Å². The smallest absolute Gasteiger partial charge is 0.231 e. The molecule has 4 rings (SSSR count). The molecule has 0 radical (unpaired) electrons. The second kappa shape index (κ2) is 6.29. The average Bonchev–Trinajstić information content (AvgIpc) is 2.94. The first kappa shape index (κ1) is 16.3. The molecule has 3 aromatic rings. The third-order valence-electron chi connectivity index (χ3n) is 4.91. The van der Waals surface area contributed by atoms with Gasteiger partial charge in [0.1, 0.15) is 5.58 Å². The molecule has 0 atom stereocenters. The van der Waals surface area contributed by atoms with Crippen LogP contribution in [-0.4, -0.2) is 23.3 Å². The number of benzene rings is 1. The number of aromatic nitrogens is 1. The molecule has 6 nitrogen and oxygen atoms in total. The zero-order valence-electron chi connectivity index (χ0n) is 14.7. The number of furan rings is 1. The monoisotopic (exact) mass is 349 g/mol. The first-order chi connectivity index (χ1) is 12.5. The second-order valence-corrected chi connectivity index (χ2v) is 6.56. The van der Waals surface area contributed by atoms with Gasteiger partial charge in [-0.15, -0.1) is 0 Å². The molecule has 0 spiro atoms. The van der Waals surface area contributed by atoms with Gasteiger partial charge in [-0.3, -0.25) is 14.6 Å². The molecule has 0 fully saturated rings. The molecule has 0 saturated carbocycles. The Hall–Kier alpha value is -3.15. The van der Waals surface area contributed by atoms with Crippen molar-refractivity contribution in [1.29, 1.82) is 0 Å². The minimum atomic E-state index is -0.104. The number of pyridine rings is 1. The normalized spacial score (nSPS) is 14.1. The van der Waals surface area contributed by atoms with Gasteiger partial charge >= 0.3 is 0 Å². The van der Waals surface area contributed by atoms with Crippen LogP contribution >= 0.6 is 0 Å². The molecule has 1 aromatic carbocycles. The maximum absolute atomic E-state index is 13.0. The molecule has 2 aromatic heterocycles. The van der Waals surface area contributed by atoms with Crippen LogP contribution < -0.4 is 10.2 Å². The van der Waals surface area contributed by atoms with Crippen molar-refractivity contribution in [3.63, 3.8) is 0 Å². The van der Waals surface area contributed by atoms with Crippen molar-refractivity contribution in [3.8, 4) is 0 Å². The minimum absolute atomic E-state index is 0.0864. The summed E-state index contributed by atoms with van der Waals surface area (Å²) in [6.45, 7) is 4.38. The number of carbonyl (C=O) groups is 2. The predicted molar refractivity (Wildman–Crippen MR) is 99.2 cm³/mol. The van der Waals surface area contributed by atoms with Crippen LogP contribution in [0.2, 0.25) is 0 Å². The Labute approximate surface area is 150 Å². The molecular weight excluding hydrogens is 330 g/mol. The SMILES string of the molecule is Cc1ccc2c(CC(=O)N3CCC(=O)Nc4ccncc43)coc2c1C. The number of anilines is 2. The van der Waals surface area contributed by atoms with Crippen LogP contribution in [0.5, 0.6) is 0 Å². The largest absolute Gasteiger partial charge is 0.464 e. The number of carbonyl (C=O) groups excluding carboxylic acids is 2. The van der Waals surface area contributed by atoms with Crippen molar-refractivity contribution < 1.29 is 14.0 Å². The number of hydrogen-bond donors (Lipinski definition) is 1. The quantitative estimate of drug-likeness (QED) is 0.770. The Kier molecular flexibility index (Phi) is 3.95. The maximum atomic E-state index is 13.0. The van der Waals surface area contributed by atoms with Crippen molar-refractivity contribution in [2.75, 3.05) is 16.8 Å². The number of hydrogen-bond acceptors (Lipinski definition) is 4. The molecule has 0 aliphatic carbocycles. The Morgan fingerprint density at radius 2 is 2.15 bits per heavy atom. The van der Waals surface area contributed by atoms with Crippen LogP contribution in [0.15, 0.2) is 41.3 Å². The summed E-state index contributed by atoms with van der Waals surface area (Å²) in [5.41, 5.74) is 5.15. The average molecular weight is 349 g/mol.